The largest absolute Gasteiger partial charge is 0.469 e. The summed E-state index contributed by atoms with van der Waals surface area (Å²) in [6, 6.07) is 6.54. The maximum absolute atomic E-state index is 13.1. The molecule has 2 aromatic heterocycles. The summed E-state index contributed by atoms with van der Waals surface area (Å²) >= 11 is 0. The van der Waals surface area contributed by atoms with Crippen molar-refractivity contribution < 1.29 is 14.0 Å². The van der Waals surface area contributed by atoms with Gasteiger partial charge in [0.25, 0.3) is 0 Å². The van der Waals surface area contributed by atoms with Crippen LogP contribution in [0.4, 0.5) is 0 Å². The van der Waals surface area contributed by atoms with Gasteiger partial charge in [-0.1, -0.05) is 6.07 Å². The normalized spacial score (nSPS) is 15.3. The highest BCUT2D eigenvalue weighted by Crippen LogP contribution is 2.35. The van der Waals surface area contributed by atoms with Crippen molar-refractivity contribution in [3.8, 4) is 0 Å². The molecule has 1 aliphatic carbocycles. The molecule has 26 heavy (non-hydrogen) atoms. The molecule has 1 fully saturated rings. The van der Waals surface area contributed by atoms with Crippen LogP contribution in [-0.2, 0) is 16.0 Å². The molecule has 138 valence electrons. The lowest BCUT2D eigenvalue weighted by atomic mass is 10.0. The van der Waals surface area contributed by atoms with Gasteiger partial charge in [0.2, 0.25) is 11.8 Å². The second kappa shape index (κ2) is 7.32. The van der Waals surface area contributed by atoms with E-state index in [1.807, 2.05) is 26.8 Å². The third-order valence-electron chi connectivity index (χ3n) is 4.16. The summed E-state index contributed by atoms with van der Waals surface area (Å²) in [7, 11) is 0. The molecule has 0 spiro atoms. The van der Waals surface area contributed by atoms with E-state index in [4.69, 9.17) is 4.42 Å². The van der Waals surface area contributed by atoms with Gasteiger partial charge >= 0.3 is 0 Å². The van der Waals surface area contributed by atoms with Gasteiger partial charge in [-0.15, -0.1) is 0 Å². The summed E-state index contributed by atoms with van der Waals surface area (Å²) in [5.74, 6) is 0.298. The minimum atomic E-state index is -0.696. The zero-order chi connectivity index (χ0) is 18.7. The van der Waals surface area contributed by atoms with Crippen molar-refractivity contribution in [3.05, 3.63) is 54.2 Å². The van der Waals surface area contributed by atoms with Crippen LogP contribution in [0, 0.1) is 0 Å². The van der Waals surface area contributed by atoms with E-state index >= 15 is 0 Å². The van der Waals surface area contributed by atoms with Crippen molar-refractivity contribution >= 4 is 11.8 Å². The summed E-state index contributed by atoms with van der Waals surface area (Å²) < 4.78 is 5.32. The number of hydrogen-bond acceptors (Lipinski definition) is 4. The van der Waals surface area contributed by atoms with E-state index in [1.165, 1.54) is 0 Å². The highest BCUT2D eigenvalue weighted by atomic mass is 16.3. The molecule has 2 amide bonds. The Balaban J connectivity index is 1.91. The lowest BCUT2D eigenvalue weighted by Crippen LogP contribution is -2.50. The van der Waals surface area contributed by atoms with Gasteiger partial charge in [0.1, 0.15) is 11.8 Å². The highest BCUT2D eigenvalue weighted by molar-refractivity contribution is 5.90. The lowest BCUT2D eigenvalue weighted by Gasteiger charge is -2.33. The van der Waals surface area contributed by atoms with Crippen molar-refractivity contribution in [1.29, 1.82) is 0 Å². The molecule has 6 nitrogen and oxygen atoms in total. The predicted molar refractivity (Wildman–Crippen MR) is 97.2 cm³/mol. The van der Waals surface area contributed by atoms with Crippen LogP contribution in [0.5, 0.6) is 0 Å². The van der Waals surface area contributed by atoms with Gasteiger partial charge in [-0.3, -0.25) is 14.6 Å². The highest BCUT2D eigenvalue weighted by Gasteiger charge is 2.42. The van der Waals surface area contributed by atoms with Crippen LogP contribution in [0.2, 0.25) is 0 Å². The molecule has 0 radical (unpaired) electrons. The van der Waals surface area contributed by atoms with E-state index in [9.17, 15) is 9.59 Å². The van der Waals surface area contributed by atoms with Crippen LogP contribution < -0.4 is 5.32 Å². The van der Waals surface area contributed by atoms with Crippen molar-refractivity contribution in [1.82, 2.24) is 15.2 Å². The molecule has 2 aromatic rings. The van der Waals surface area contributed by atoms with Crippen molar-refractivity contribution in [2.24, 2.45) is 0 Å². The number of pyridine rings is 1. The number of carbonyl (C=O) groups is 2. The topological polar surface area (TPSA) is 75.4 Å². The molecule has 3 rings (SSSR count). The second-order valence-corrected chi connectivity index (χ2v) is 7.72. The molecular formula is C20H25N3O3. The van der Waals surface area contributed by atoms with Crippen LogP contribution in [0.1, 0.15) is 51.0 Å². The van der Waals surface area contributed by atoms with Gasteiger partial charge in [-0.05, 0) is 51.8 Å². The fraction of sp³-hybridized carbons (Fsp3) is 0.450. The summed E-state index contributed by atoms with van der Waals surface area (Å²) in [5, 5.41) is 3.01. The Morgan fingerprint density at radius 2 is 2.08 bits per heavy atom. The molecule has 0 aromatic carbocycles. The average Bonchev–Trinajstić information content (AvgIpc) is 3.27. The number of amides is 2. The zero-order valence-electron chi connectivity index (χ0n) is 15.4. The molecule has 6 heteroatoms. The van der Waals surface area contributed by atoms with Crippen molar-refractivity contribution in [2.75, 3.05) is 0 Å². The molecule has 1 saturated carbocycles. The maximum atomic E-state index is 13.1. The number of aromatic nitrogens is 1. The third-order valence-corrected chi connectivity index (χ3v) is 4.16. The third kappa shape index (κ3) is 4.50. The van der Waals surface area contributed by atoms with Gasteiger partial charge in [-0.25, -0.2) is 0 Å². The Morgan fingerprint density at radius 1 is 1.31 bits per heavy atom. The summed E-state index contributed by atoms with van der Waals surface area (Å²) in [6.07, 6.45) is 6.82. The Labute approximate surface area is 153 Å². The molecule has 0 saturated heterocycles. The van der Waals surface area contributed by atoms with Crippen molar-refractivity contribution in [3.63, 3.8) is 0 Å². The monoisotopic (exact) mass is 355 g/mol. The van der Waals surface area contributed by atoms with E-state index in [-0.39, 0.29) is 24.3 Å². The minimum Gasteiger partial charge on any atom is -0.469 e. The Hall–Kier alpha value is -2.63. The molecular weight excluding hydrogens is 330 g/mol. The Morgan fingerprint density at radius 3 is 2.62 bits per heavy atom. The van der Waals surface area contributed by atoms with E-state index < -0.39 is 11.6 Å². The first-order valence-corrected chi connectivity index (χ1v) is 8.90. The summed E-state index contributed by atoms with van der Waals surface area (Å²) in [6.45, 7) is 5.78. The van der Waals surface area contributed by atoms with Crippen LogP contribution >= 0.6 is 0 Å². The number of nitrogens with one attached hydrogen (secondary N) is 1. The van der Waals surface area contributed by atoms with Crippen LogP contribution in [0.25, 0.3) is 0 Å². The fourth-order valence-corrected chi connectivity index (χ4v) is 2.98. The number of rotatable bonds is 6. The number of furan rings is 1. The molecule has 0 aliphatic heterocycles. The Kier molecular flexibility index (Phi) is 5.11. The fourth-order valence-electron chi connectivity index (χ4n) is 2.98. The Bertz CT molecular complexity index is 746. The van der Waals surface area contributed by atoms with Gasteiger partial charge in [-0.2, -0.15) is 0 Å². The standard InChI is InChI=1S/C20H25N3O3/c1-20(2,3)22-19(25)18(14-6-4-10-21-13-14)23(15-8-9-15)17(24)12-16-7-5-11-26-16/h4-7,10-11,13,15,18H,8-9,12H2,1-3H3,(H,22,25). The van der Waals surface area contributed by atoms with Gasteiger partial charge < -0.3 is 14.6 Å². The van der Waals surface area contributed by atoms with Crippen LogP contribution in [0.15, 0.2) is 47.3 Å². The molecule has 1 N–H and O–H groups in total. The van der Waals surface area contributed by atoms with E-state index in [0.717, 1.165) is 12.8 Å². The zero-order valence-corrected chi connectivity index (χ0v) is 15.4. The van der Waals surface area contributed by atoms with Gasteiger partial charge in [0.15, 0.2) is 0 Å². The molecule has 1 unspecified atom stereocenters. The van der Waals surface area contributed by atoms with E-state index in [0.29, 0.717) is 11.3 Å². The van der Waals surface area contributed by atoms with Crippen LogP contribution in [0.3, 0.4) is 0 Å². The number of hydrogen-bond donors (Lipinski definition) is 1. The molecule has 1 atom stereocenters. The summed E-state index contributed by atoms with van der Waals surface area (Å²) in [5.41, 5.74) is 0.325. The minimum absolute atomic E-state index is 0.0772. The first kappa shape index (κ1) is 18.2. The van der Waals surface area contributed by atoms with E-state index in [2.05, 4.69) is 10.3 Å². The smallest absolute Gasteiger partial charge is 0.247 e. The van der Waals surface area contributed by atoms with Crippen LogP contribution in [-0.4, -0.2) is 33.3 Å². The SMILES string of the molecule is CC(C)(C)NC(=O)C(c1cccnc1)N(C(=O)Cc1ccco1)C1CC1. The first-order valence-electron chi connectivity index (χ1n) is 8.90. The quantitative estimate of drug-likeness (QED) is 0.864. The average molecular weight is 355 g/mol. The van der Waals surface area contributed by atoms with Gasteiger partial charge in [0.05, 0.1) is 12.7 Å². The number of nitrogens with zero attached hydrogens (tertiary/aromatic N) is 2. The molecule has 1 aliphatic rings. The molecule has 0 bridgehead atoms. The van der Waals surface area contributed by atoms with E-state index in [1.54, 1.807) is 41.8 Å². The predicted octanol–water partition coefficient (Wildman–Crippen LogP) is 2.86. The summed E-state index contributed by atoms with van der Waals surface area (Å²) in [4.78, 5) is 32.0. The first-order chi connectivity index (χ1) is 12.3. The number of carbonyl (C=O) groups excluding carboxylic acids is 2. The van der Waals surface area contributed by atoms with Crippen molar-refractivity contribution in [2.45, 2.75) is 57.7 Å². The maximum Gasteiger partial charge on any atom is 0.247 e. The van der Waals surface area contributed by atoms with Gasteiger partial charge in [0, 0.05) is 29.5 Å². The second-order valence-electron chi connectivity index (χ2n) is 7.72. The lowest BCUT2D eigenvalue weighted by molar-refractivity contribution is -0.142. The molecule has 2 heterocycles.